The quantitative estimate of drug-likeness (QED) is 0.296. The van der Waals surface area contributed by atoms with Crippen molar-refractivity contribution in [2.75, 3.05) is 0 Å². The van der Waals surface area contributed by atoms with E-state index in [1.54, 1.807) is 24.8 Å². The molecule has 0 radical (unpaired) electrons. The molecule has 0 atom stereocenters. The molecule has 2 aliphatic heterocycles. The number of benzene rings is 3. The van der Waals surface area contributed by atoms with Crippen LogP contribution in [0.5, 0.6) is 23.0 Å². The van der Waals surface area contributed by atoms with Gasteiger partial charge in [0.05, 0.1) is 11.3 Å². The lowest BCUT2D eigenvalue weighted by molar-refractivity contribution is 0.468. The highest BCUT2D eigenvalue weighted by molar-refractivity contribution is 8.26. The first-order chi connectivity index (χ1) is 16.7. The third kappa shape index (κ3) is 2.68. The van der Waals surface area contributed by atoms with Gasteiger partial charge in [-0.15, -0.1) is 0 Å². The largest absolute Gasteiger partial charge is 0.455 e. The van der Waals surface area contributed by atoms with Gasteiger partial charge >= 0.3 is 0 Å². The van der Waals surface area contributed by atoms with Gasteiger partial charge in [0.2, 0.25) is 0 Å². The van der Waals surface area contributed by atoms with Gasteiger partial charge in [-0.25, -0.2) is 0 Å². The van der Waals surface area contributed by atoms with Gasteiger partial charge in [0, 0.05) is 46.5 Å². The highest BCUT2D eigenvalue weighted by Crippen LogP contribution is 2.60. The van der Waals surface area contributed by atoms with Crippen LogP contribution in [-0.4, -0.2) is 9.97 Å². The van der Waals surface area contributed by atoms with Crippen molar-refractivity contribution in [3.63, 3.8) is 0 Å². The lowest BCUT2D eigenvalue weighted by Crippen LogP contribution is -2.35. The summed E-state index contributed by atoms with van der Waals surface area (Å²) < 4.78 is 13.1. The van der Waals surface area contributed by atoms with Crippen molar-refractivity contribution in [1.82, 2.24) is 9.97 Å². The minimum atomic E-state index is -2.46. The first-order valence-corrected chi connectivity index (χ1v) is 13.7. The van der Waals surface area contributed by atoms with Crippen LogP contribution in [0.2, 0.25) is 0 Å². The number of hydrogen-bond acceptors (Lipinski definition) is 5. The summed E-state index contributed by atoms with van der Waals surface area (Å²) in [4.78, 5) is 8.35. The summed E-state index contributed by atoms with van der Waals surface area (Å²) in [6.07, 6.45) is 7.19. The fraction of sp³-hybridized carbons (Fsp3) is 0. The Morgan fingerprint density at radius 2 is 1.00 bits per heavy atom. The molecule has 4 heterocycles. The minimum Gasteiger partial charge on any atom is -0.455 e. The van der Waals surface area contributed by atoms with Crippen LogP contribution in [0.25, 0.3) is 22.3 Å². The zero-order valence-electron chi connectivity index (χ0n) is 17.9. The molecule has 162 valence electrons. The smallest absolute Gasteiger partial charge is 0.144 e. The number of rotatable bonds is 2. The Balaban J connectivity index is 1.56. The fourth-order valence-corrected chi connectivity index (χ4v) is 9.35. The standard InChI is InChI=1S/C28H17N2O2PS/c34-33-24-8-1-4-20(18-10-14-29-15-11-18)26(24)31-22-6-3-7-23(28(22)33)32-27-21(5-2-9-25(27)33)19-12-16-30-17-13-19/h1-17H. The lowest BCUT2D eigenvalue weighted by Gasteiger charge is -2.38. The Labute approximate surface area is 201 Å². The SMILES string of the molecule is S=P12c3cccc(-c4ccncc4)c3Oc3cccc(c31)Oc1c(-c3ccncc3)cccc12. The van der Waals surface area contributed by atoms with Crippen LogP contribution in [0.1, 0.15) is 0 Å². The molecule has 0 aliphatic carbocycles. The maximum atomic E-state index is 6.70. The summed E-state index contributed by atoms with van der Waals surface area (Å²) in [5, 5.41) is 3.09. The normalized spacial score (nSPS) is 14.1. The van der Waals surface area contributed by atoms with Gasteiger partial charge in [-0.2, -0.15) is 0 Å². The summed E-state index contributed by atoms with van der Waals surface area (Å²) in [5.74, 6) is 3.19. The molecule has 2 aliphatic rings. The van der Waals surface area contributed by atoms with Crippen LogP contribution in [0.3, 0.4) is 0 Å². The number of para-hydroxylation sites is 2. The summed E-state index contributed by atoms with van der Waals surface area (Å²) in [7, 11) is 0. The molecular formula is C28H17N2O2PS. The lowest BCUT2D eigenvalue weighted by atomic mass is 10.1. The predicted octanol–water partition coefficient (Wildman–Crippen LogP) is 5.78. The number of nitrogens with zero attached hydrogens (tertiary/aromatic N) is 2. The van der Waals surface area contributed by atoms with E-state index in [1.165, 1.54) is 0 Å². The zero-order chi connectivity index (χ0) is 22.7. The molecule has 2 aromatic heterocycles. The van der Waals surface area contributed by atoms with Gasteiger partial charge in [0.1, 0.15) is 23.0 Å². The van der Waals surface area contributed by atoms with Gasteiger partial charge in [0.15, 0.2) is 0 Å². The maximum absolute atomic E-state index is 6.70. The number of ether oxygens (including phenoxy) is 2. The Bertz CT molecular complexity index is 1520. The van der Waals surface area contributed by atoms with Crippen molar-refractivity contribution in [2.24, 2.45) is 0 Å². The molecular weight excluding hydrogens is 459 g/mol. The molecule has 0 saturated carbocycles. The van der Waals surface area contributed by atoms with E-state index in [0.717, 1.165) is 61.2 Å². The van der Waals surface area contributed by atoms with Gasteiger partial charge in [-0.05, 0) is 59.7 Å². The second kappa shape index (κ2) is 7.36. The van der Waals surface area contributed by atoms with Crippen molar-refractivity contribution < 1.29 is 9.47 Å². The van der Waals surface area contributed by atoms with Gasteiger partial charge in [-0.3, -0.25) is 9.97 Å². The molecule has 7 rings (SSSR count). The predicted molar refractivity (Wildman–Crippen MR) is 139 cm³/mol. The molecule has 0 saturated heterocycles. The monoisotopic (exact) mass is 476 g/mol. The van der Waals surface area contributed by atoms with E-state index in [4.69, 9.17) is 21.3 Å². The highest BCUT2D eigenvalue weighted by atomic mass is 32.4. The number of aromatic nitrogens is 2. The summed E-state index contributed by atoms with van der Waals surface area (Å²) in [6.45, 7) is 0. The molecule has 3 aromatic carbocycles. The highest BCUT2D eigenvalue weighted by Gasteiger charge is 2.43. The van der Waals surface area contributed by atoms with Crippen molar-refractivity contribution in [3.05, 3.63) is 104 Å². The second-order valence-corrected chi connectivity index (χ2v) is 12.5. The number of hydrogen-bond donors (Lipinski definition) is 0. The van der Waals surface area contributed by atoms with Crippen LogP contribution in [-0.2, 0) is 11.8 Å². The van der Waals surface area contributed by atoms with Crippen LogP contribution >= 0.6 is 6.04 Å². The van der Waals surface area contributed by atoms with E-state index in [9.17, 15) is 0 Å². The average molecular weight is 476 g/mol. The first-order valence-electron chi connectivity index (χ1n) is 10.9. The molecule has 5 aromatic rings. The van der Waals surface area contributed by atoms with Gasteiger partial charge in [0.25, 0.3) is 0 Å². The summed E-state index contributed by atoms with van der Waals surface area (Å²) in [6, 6.07) is 24.0. The Morgan fingerprint density at radius 3 is 1.47 bits per heavy atom. The molecule has 6 heteroatoms. The maximum Gasteiger partial charge on any atom is 0.144 e. The van der Waals surface area contributed by atoms with E-state index in [1.807, 2.05) is 42.5 Å². The topological polar surface area (TPSA) is 44.2 Å². The van der Waals surface area contributed by atoms with Gasteiger partial charge in [-0.1, -0.05) is 42.1 Å². The summed E-state index contributed by atoms with van der Waals surface area (Å²) in [5.41, 5.74) is 4.12. The third-order valence-electron chi connectivity index (χ3n) is 6.35. The van der Waals surface area contributed by atoms with E-state index in [0.29, 0.717) is 0 Å². The molecule has 4 nitrogen and oxygen atoms in total. The number of fused-ring (bicyclic) bond motifs is 4. The molecule has 0 spiro atoms. The minimum absolute atomic E-state index is 0.773. The second-order valence-electron chi connectivity index (χ2n) is 8.20. The molecule has 0 N–H and O–H groups in total. The Kier molecular flexibility index (Phi) is 4.25. The van der Waals surface area contributed by atoms with E-state index in [2.05, 4.69) is 46.4 Å². The van der Waals surface area contributed by atoms with Crippen molar-refractivity contribution in [1.29, 1.82) is 0 Å². The van der Waals surface area contributed by atoms with Crippen LogP contribution in [0, 0.1) is 0 Å². The van der Waals surface area contributed by atoms with E-state index in [-0.39, 0.29) is 0 Å². The van der Waals surface area contributed by atoms with E-state index >= 15 is 0 Å². The Morgan fingerprint density at radius 1 is 0.559 bits per heavy atom. The van der Waals surface area contributed by atoms with Gasteiger partial charge < -0.3 is 9.47 Å². The molecule has 0 unspecified atom stereocenters. The fourth-order valence-electron chi connectivity index (χ4n) is 4.85. The molecule has 0 amide bonds. The average Bonchev–Trinajstić information content (AvgIpc) is 2.89. The molecule has 0 fully saturated rings. The van der Waals surface area contributed by atoms with Crippen molar-refractivity contribution in [2.45, 2.75) is 0 Å². The van der Waals surface area contributed by atoms with E-state index < -0.39 is 6.04 Å². The Hall–Kier alpha value is -3.79. The summed E-state index contributed by atoms with van der Waals surface area (Å²) >= 11 is 6.70. The van der Waals surface area contributed by atoms with Crippen LogP contribution in [0.4, 0.5) is 0 Å². The number of pyridine rings is 2. The van der Waals surface area contributed by atoms with Crippen LogP contribution < -0.4 is 25.4 Å². The first kappa shape index (κ1) is 19.7. The molecule has 34 heavy (non-hydrogen) atoms. The van der Waals surface area contributed by atoms with Crippen LogP contribution in [0.15, 0.2) is 104 Å². The zero-order valence-corrected chi connectivity index (χ0v) is 19.6. The molecule has 0 bridgehead atoms. The third-order valence-corrected chi connectivity index (χ3v) is 11.2. The van der Waals surface area contributed by atoms with Crippen molar-refractivity contribution in [3.8, 4) is 45.3 Å². The van der Waals surface area contributed by atoms with Crippen molar-refractivity contribution >= 4 is 33.8 Å².